The average molecular weight is 316 g/mol. The summed E-state index contributed by atoms with van der Waals surface area (Å²) in [5.74, 6) is 0.539. The van der Waals surface area contributed by atoms with Crippen LogP contribution in [0.2, 0.25) is 0 Å². The summed E-state index contributed by atoms with van der Waals surface area (Å²) in [7, 11) is -1.78. The molecule has 0 aromatic carbocycles. The molecule has 0 bridgehead atoms. The van der Waals surface area contributed by atoms with Crippen molar-refractivity contribution in [3.8, 4) is 0 Å². The number of nitrogens with one attached hydrogen (secondary N) is 2. The van der Waals surface area contributed by atoms with E-state index in [0.29, 0.717) is 19.6 Å². The molecule has 1 aromatic rings. The number of hydrogen-bond acceptors (Lipinski definition) is 4. The van der Waals surface area contributed by atoms with Gasteiger partial charge in [0.25, 0.3) is 10.0 Å². The standard InChI is InChI=1S/C14H28N4O2S/c1-10(2)8-18(9-11(3)4)21(19,20)14-13(7-15-6)12(5)16-17-14/h10-11,15H,7-9H2,1-6H3,(H,16,17). The van der Waals surface area contributed by atoms with Gasteiger partial charge in [0, 0.05) is 30.9 Å². The third-order valence-corrected chi connectivity index (χ3v) is 4.92. The molecule has 1 aromatic heterocycles. The Bertz CT molecular complexity index is 539. The molecule has 0 spiro atoms. The van der Waals surface area contributed by atoms with Crippen LogP contribution in [0.1, 0.15) is 39.0 Å². The molecule has 0 fully saturated rings. The van der Waals surface area contributed by atoms with Gasteiger partial charge in [0.05, 0.1) is 0 Å². The van der Waals surface area contributed by atoms with Crippen LogP contribution in [0.3, 0.4) is 0 Å². The Morgan fingerprint density at radius 3 is 2.14 bits per heavy atom. The maximum Gasteiger partial charge on any atom is 0.262 e. The zero-order valence-electron chi connectivity index (χ0n) is 13.9. The van der Waals surface area contributed by atoms with E-state index < -0.39 is 10.0 Å². The molecule has 6 nitrogen and oxygen atoms in total. The largest absolute Gasteiger partial charge is 0.316 e. The Labute approximate surface area is 128 Å². The highest BCUT2D eigenvalue weighted by Gasteiger charge is 2.31. The van der Waals surface area contributed by atoms with Crippen molar-refractivity contribution in [2.75, 3.05) is 20.1 Å². The molecule has 0 aliphatic rings. The molecule has 2 N–H and O–H groups in total. The maximum atomic E-state index is 12.9. The highest BCUT2D eigenvalue weighted by atomic mass is 32.2. The van der Waals surface area contributed by atoms with Crippen LogP contribution in [0.5, 0.6) is 0 Å². The first kappa shape index (κ1) is 18.1. The first-order valence-electron chi connectivity index (χ1n) is 7.38. The van der Waals surface area contributed by atoms with Crippen molar-refractivity contribution in [2.45, 2.75) is 46.2 Å². The summed E-state index contributed by atoms with van der Waals surface area (Å²) in [6.45, 7) is 11.4. The van der Waals surface area contributed by atoms with Crippen molar-refractivity contribution in [3.63, 3.8) is 0 Å². The normalized spacial score (nSPS) is 12.8. The molecule has 0 saturated carbocycles. The van der Waals surface area contributed by atoms with Gasteiger partial charge < -0.3 is 5.32 Å². The molecule has 0 saturated heterocycles. The molecular formula is C14H28N4O2S. The van der Waals surface area contributed by atoms with Crippen molar-refractivity contribution in [1.82, 2.24) is 19.8 Å². The molecule has 0 amide bonds. The van der Waals surface area contributed by atoms with Gasteiger partial charge in [-0.2, -0.15) is 9.40 Å². The number of nitrogens with zero attached hydrogens (tertiary/aromatic N) is 2. The van der Waals surface area contributed by atoms with Gasteiger partial charge in [-0.05, 0) is 25.8 Å². The third kappa shape index (κ3) is 4.52. The first-order valence-corrected chi connectivity index (χ1v) is 8.82. The SMILES string of the molecule is CNCc1c(S(=O)(=O)N(CC(C)C)CC(C)C)n[nH]c1C. The van der Waals surface area contributed by atoms with Gasteiger partial charge in [-0.15, -0.1) is 0 Å². The van der Waals surface area contributed by atoms with Gasteiger partial charge in [0.15, 0.2) is 5.03 Å². The summed E-state index contributed by atoms with van der Waals surface area (Å²) in [6, 6.07) is 0. The number of aryl methyl sites for hydroxylation is 1. The summed E-state index contributed by atoms with van der Waals surface area (Å²) in [4.78, 5) is 0. The minimum atomic E-state index is -3.57. The molecule has 7 heteroatoms. The van der Waals surface area contributed by atoms with Crippen LogP contribution < -0.4 is 5.32 Å². The Morgan fingerprint density at radius 1 is 1.19 bits per heavy atom. The average Bonchev–Trinajstić information content (AvgIpc) is 2.70. The molecule has 0 radical (unpaired) electrons. The van der Waals surface area contributed by atoms with Crippen molar-refractivity contribution in [1.29, 1.82) is 0 Å². The highest BCUT2D eigenvalue weighted by Crippen LogP contribution is 2.22. The van der Waals surface area contributed by atoms with E-state index in [1.807, 2.05) is 34.6 Å². The van der Waals surface area contributed by atoms with Crippen LogP contribution in [-0.4, -0.2) is 43.1 Å². The van der Waals surface area contributed by atoms with E-state index in [1.165, 1.54) is 0 Å². The zero-order valence-corrected chi connectivity index (χ0v) is 14.7. The summed E-state index contributed by atoms with van der Waals surface area (Å²) in [6.07, 6.45) is 0. The Hall–Kier alpha value is -0.920. The van der Waals surface area contributed by atoms with Crippen molar-refractivity contribution in [3.05, 3.63) is 11.3 Å². The maximum absolute atomic E-state index is 12.9. The predicted molar refractivity (Wildman–Crippen MR) is 84.5 cm³/mol. The molecule has 0 atom stereocenters. The van der Waals surface area contributed by atoms with Crippen molar-refractivity contribution in [2.24, 2.45) is 11.8 Å². The summed E-state index contributed by atoms with van der Waals surface area (Å²) in [5, 5.41) is 9.99. The fourth-order valence-corrected chi connectivity index (χ4v) is 4.17. The monoisotopic (exact) mass is 316 g/mol. The predicted octanol–water partition coefficient (Wildman–Crippen LogP) is 1.74. The van der Waals surface area contributed by atoms with Gasteiger partial charge in [-0.1, -0.05) is 27.7 Å². The van der Waals surface area contributed by atoms with E-state index in [9.17, 15) is 8.42 Å². The van der Waals surface area contributed by atoms with E-state index in [0.717, 1.165) is 11.3 Å². The number of aromatic nitrogens is 2. The second-order valence-electron chi connectivity index (χ2n) is 6.27. The highest BCUT2D eigenvalue weighted by molar-refractivity contribution is 7.89. The second kappa shape index (κ2) is 7.38. The quantitative estimate of drug-likeness (QED) is 0.766. The number of sulfonamides is 1. The number of H-pyrrole nitrogens is 1. The molecule has 1 heterocycles. The molecule has 0 aliphatic carbocycles. The smallest absolute Gasteiger partial charge is 0.262 e. The summed E-state index contributed by atoms with van der Waals surface area (Å²) in [5.41, 5.74) is 1.51. The van der Waals surface area contributed by atoms with E-state index >= 15 is 0 Å². The van der Waals surface area contributed by atoms with Gasteiger partial charge in [-0.3, -0.25) is 5.10 Å². The van der Waals surface area contributed by atoms with Crippen LogP contribution in [-0.2, 0) is 16.6 Å². The van der Waals surface area contributed by atoms with Gasteiger partial charge in [-0.25, -0.2) is 8.42 Å². The van der Waals surface area contributed by atoms with Crippen LogP contribution >= 0.6 is 0 Å². The topological polar surface area (TPSA) is 78.1 Å². The van der Waals surface area contributed by atoms with Crippen LogP contribution in [0.4, 0.5) is 0 Å². The zero-order chi connectivity index (χ0) is 16.2. The third-order valence-electron chi connectivity index (χ3n) is 3.11. The van der Waals surface area contributed by atoms with Crippen molar-refractivity contribution >= 4 is 10.0 Å². The molecule has 21 heavy (non-hydrogen) atoms. The molecular weight excluding hydrogens is 288 g/mol. The van der Waals surface area contributed by atoms with E-state index in [1.54, 1.807) is 11.4 Å². The van der Waals surface area contributed by atoms with Crippen LogP contribution in [0.25, 0.3) is 0 Å². The van der Waals surface area contributed by atoms with Gasteiger partial charge in [0.2, 0.25) is 0 Å². The van der Waals surface area contributed by atoms with E-state index in [4.69, 9.17) is 0 Å². The van der Waals surface area contributed by atoms with Crippen molar-refractivity contribution < 1.29 is 8.42 Å². The molecule has 1 rings (SSSR count). The van der Waals surface area contributed by atoms with E-state index in [-0.39, 0.29) is 16.9 Å². The van der Waals surface area contributed by atoms with E-state index in [2.05, 4.69) is 15.5 Å². The van der Waals surface area contributed by atoms with Gasteiger partial charge >= 0.3 is 0 Å². The Morgan fingerprint density at radius 2 is 1.71 bits per heavy atom. The molecule has 122 valence electrons. The fraction of sp³-hybridized carbons (Fsp3) is 0.786. The lowest BCUT2D eigenvalue weighted by Crippen LogP contribution is -2.37. The second-order valence-corrected chi connectivity index (χ2v) is 8.13. The van der Waals surface area contributed by atoms with Gasteiger partial charge in [0.1, 0.15) is 0 Å². The lowest BCUT2D eigenvalue weighted by molar-refractivity contribution is 0.332. The minimum Gasteiger partial charge on any atom is -0.316 e. The number of hydrogen-bond donors (Lipinski definition) is 2. The molecule has 0 unspecified atom stereocenters. The Kier molecular flexibility index (Phi) is 6.37. The lowest BCUT2D eigenvalue weighted by atomic mass is 10.2. The summed E-state index contributed by atoms with van der Waals surface area (Å²) >= 11 is 0. The summed E-state index contributed by atoms with van der Waals surface area (Å²) < 4.78 is 27.4. The van der Waals surface area contributed by atoms with Crippen LogP contribution in [0, 0.1) is 18.8 Å². The number of aromatic amines is 1. The lowest BCUT2D eigenvalue weighted by Gasteiger charge is -2.25. The van der Waals surface area contributed by atoms with Crippen LogP contribution in [0.15, 0.2) is 5.03 Å². The minimum absolute atomic E-state index is 0.149. The molecule has 0 aliphatic heterocycles. The first-order chi connectivity index (χ1) is 9.70. The number of rotatable bonds is 8. The fourth-order valence-electron chi connectivity index (χ4n) is 2.24. The Balaban J connectivity index is 3.22.